The zero-order valence-corrected chi connectivity index (χ0v) is 13.1. The highest BCUT2D eigenvalue weighted by Crippen LogP contribution is 2.39. The minimum absolute atomic E-state index is 0.160. The smallest absolute Gasteiger partial charge is 0.0459 e. The lowest BCUT2D eigenvalue weighted by Gasteiger charge is -2.39. The largest absolute Gasteiger partial charge is 0.368 e. The average Bonchev–Trinajstić information content (AvgIpc) is 2.88. The summed E-state index contributed by atoms with van der Waals surface area (Å²) < 4.78 is 0. The summed E-state index contributed by atoms with van der Waals surface area (Å²) in [6, 6.07) is 7.47. The topological polar surface area (TPSA) is 29.3 Å². The van der Waals surface area contributed by atoms with Gasteiger partial charge in [-0.2, -0.15) is 0 Å². The molecule has 3 heteroatoms. The molecule has 0 radical (unpaired) electrons. The third-order valence-corrected chi connectivity index (χ3v) is 5.26. The van der Waals surface area contributed by atoms with Crippen LogP contribution in [0.15, 0.2) is 18.2 Å². The molecule has 3 rings (SSSR count). The minimum Gasteiger partial charge on any atom is -0.368 e. The average molecular weight is 293 g/mol. The minimum atomic E-state index is 0.160. The van der Waals surface area contributed by atoms with Gasteiger partial charge in [0.1, 0.15) is 0 Å². The van der Waals surface area contributed by atoms with Crippen molar-refractivity contribution in [2.24, 2.45) is 11.7 Å². The van der Waals surface area contributed by atoms with E-state index in [4.69, 9.17) is 17.3 Å². The highest BCUT2D eigenvalue weighted by Gasteiger charge is 2.35. The molecular weight excluding hydrogens is 268 g/mol. The predicted octanol–water partition coefficient (Wildman–Crippen LogP) is 4.00. The summed E-state index contributed by atoms with van der Waals surface area (Å²) in [5.41, 5.74) is 8.35. The first kappa shape index (κ1) is 14.2. The number of nitrogens with two attached hydrogens (primary N) is 1. The van der Waals surface area contributed by atoms with E-state index in [-0.39, 0.29) is 6.04 Å². The van der Waals surface area contributed by atoms with Crippen molar-refractivity contribution >= 4 is 17.3 Å². The Hall–Kier alpha value is -0.730. The molecule has 0 bridgehead atoms. The van der Waals surface area contributed by atoms with E-state index < -0.39 is 0 Å². The number of anilines is 1. The molecule has 0 spiro atoms. The number of nitrogens with zero attached hydrogens (tertiary/aromatic N) is 1. The van der Waals surface area contributed by atoms with Crippen molar-refractivity contribution in [2.75, 3.05) is 11.4 Å². The van der Waals surface area contributed by atoms with Crippen molar-refractivity contribution in [3.8, 4) is 0 Å². The van der Waals surface area contributed by atoms with E-state index >= 15 is 0 Å². The highest BCUT2D eigenvalue weighted by atomic mass is 35.5. The highest BCUT2D eigenvalue weighted by molar-refractivity contribution is 6.31. The summed E-state index contributed by atoms with van der Waals surface area (Å²) in [5, 5.41) is 0.875. The van der Waals surface area contributed by atoms with Crippen LogP contribution >= 0.6 is 11.6 Å². The molecule has 2 fully saturated rings. The Balaban J connectivity index is 1.81. The van der Waals surface area contributed by atoms with Gasteiger partial charge in [-0.3, -0.25) is 0 Å². The van der Waals surface area contributed by atoms with Gasteiger partial charge in [-0.25, -0.2) is 0 Å². The van der Waals surface area contributed by atoms with Crippen LogP contribution in [-0.2, 0) is 6.42 Å². The number of piperidine rings is 1. The number of hydrogen-bond acceptors (Lipinski definition) is 2. The lowest BCUT2D eigenvalue weighted by Crippen LogP contribution is -2.42. The summed E-state index contributed by atoms with van der Waals surface area (Å²) in [7, 11) is 0. The monoisotopic (exact) mass is 292 g/mol. The lowest BCUT2D eigenvalue weighted by molar-refractivity contribution is 0.362. The Kier molecular flexibility index (Phi) is 4.23. The summed E-state index contributed by atoms with van der Waals surface area (Å²) in [6.07, 6.45) is 7.74. The van der Waals surface area contributed by atoms with Crippen LogP contribution in [0.25, 0.3) is 0 Å². The first-order valence-corrected chi connectivity index (χ1v) is 8.33. The molecular formula is C17H25ClN2. The van der Waals surface area contributed by atoms with E-state index in [2.05, 4.69) is 23.1 Å². The number of halogens is 1. The lowest BCUT2D eigenvalue weighted by atomic mass is 9.91. The Bertz CT molecular complexity index is 472. The quantitative estimate of drug-likeness (QED) is 0.912. The third-order valence-electron chi connectivity index (χ3n) is 4.90. The Morgan fingerprint density at radius 2 is 2.10 bits per heavy atom. The second-order valence-electron chi connectivity index (χ2n) is 6.55. The maximum absolute atomic E-state index is 6.45. The van der Waals surface area contributed by atoms with E-state index in [0.717, 1.165) is 23.4 Å². The number of hydrogen-bond donors (Lipinski definition) is 1. The standard InChI is InChI=1S/C17H25ClN2/c1-12(19)10-14-7-8-15(11-16(14)18)20-9-3-5-13-4-2-6-17(13)20/h7-8,11-13,17H,2-6,9-10,19H2,1H3. The molecule has 1 aromatic rings. The first-order valence-electron chi connectivity index (χ1n) is 7.96. The van der Waals surface area contributed by atoms with Crippen molar-refractivity contribution in [1.29, 1.82) is 0 Å². The normalized spacial score (nSPS) is 27.4. The molecule has 2 nitrogen and oxygen atoms in total. The van der Waals surface area contributed by atoms with Crippen LogP contribution in [0.1, 0.15) is 44.6 Å². The van der Waals surface area contributed by atoms with Crippen molar-refractivity contribution in [2.45, 2.75) is 57.5 Å². The van der Waals surface area contributed by atoms with Gasteiger partial charge in [0.25, 0.3) is 0 Å². The van der Waals surface area contributed by atoms with Gasteiger partial charge in [-0.1, -0.05) is 24.1 Å². The van der Waals surface area contributed by atoms with Gasteiger partial charge in [0.2, 0.25) is 0 Å². The van der Waals surface area contributed by atoms with E-state index in [0.29, 0.717) is 0 Å². The van der Waals surface area contributed by atoms with Gasteiger partial charge in [-0.15, -0.1) is 0 Å². The Labute approximate surface area is 127 Å². The van der Waals surface area contributed by atoms with Crippen molar-refractivity contribution in [3.63, 3.8) is 0 Å². The summed E-state index contributed by atoms with van der Waals surface area (Å²) in [6.45, 7) is 3.21. The summed E-state index contributed by atoms with van der Waals surface area (Å²) >= 11 is 6.45. The molecule has 110 valence electrons. The maximum Gasteiger partial charge on any atom is 0.0459 e. The molecule has 3 unspecified atom stereocenters. The Morgan fingerprint density at radius 1 is 1.30 bits per heavy atom. The molecule has 2 aliphatic rings. The molecule has 1 heterocycles. The Morgan fingerprint density at radius 3 is 2.85 bits per heavy atom. The number of benzene rings is 1. The second-order valence-corrected chi connectivity index (χ2v) is 6.96. The van der Waals surface area contributed by atoms with Gasteiger partial charge >= 0.3 is 0 Å². The fraction of sp³-hybridized carbons (Fsp3) is 0.647. The van der Waals surface area contributed by atoms with E-state index in [1.807, 2.05) is 6.92 Å². The zero-order chi connectivity index (χ0) is 14.1. The first-order chi connectivity index (χ1) is 9.65. The van der Waals surface area contributed by atoms with Crippen LogP contribution in [0.3, 0.4) is 0 Å². The molecule has 1 aromatic carbocycles. The molecule has 1 aliphatic carbocycles. The molecule has 20 heavy (non-hydrogen) atoms. The van der Waals surface area contributed by atoms with E-state index in [9.17, 15) is 0 Å². The molecule has 2 N–H and O–H groups in total. The maximum atomic E-state index is 6.45. The zero-order valence-electron chi connectivity index (χ0n) is 12.3. The molecule has 0 amide bonds. The third kappa shape index (κ3) is 2.82. The molecule has 1 saturated carbocycles. The fourth-order valence-corrected chi connectivity index (χ4v) is 4.25. The van der Waals surface area contributed by atoms with Crippen molar-refractivity contribution in [3.05, 3.63) is 28.8 Å². The summed E-state index contributed by atoms with van der Waals surface area (Å²) in [4.78, 5) is 2.60. The van der Waals surface area contributed by atoms with Crippen LogP contribution < -0.4 is 10.6 Å². The van der Waals surface area contributed by atoms with Crippen molar-refractivity contribution in [1.82, 2.24) is 0 Å². The second kappa shape index (κ2) is 5.95. The van der Waals surface area contributed by atoms with Crippen LogP contribution in [0.4, 0.5) is 5.69 Å². The van der Waals surface area contributed by atoms with Crippen LogP contribution in [0.5, 0.6) is 0 Å². The van der Waals surface area contributed by atoms with Gasteiger partial charge in [0.15, 0.2) is 0 Å². The number of fused-ring (bicyclic) bond motifs is 1. The van der Waals surface area contributed by atoms with Gasteiger partial charge in [0.05, 0.1) is 0 Å². The van der Waals surface area contributed by atoms with E-state index in [1.54, 1.807) is 0 Å². The number of rotatable bonds is 3. The van der Waals surface area contributed by atoms with Crippen molar-refractivity contribution < 1.29 is 0 Å². The van der Waals surface area contributed by atoms with Gasteiger partial charge < -0.3 is 10.6 Å². The van der Waals surface area contributed by atoms with Gasteiger partial charge in [0, 0.05) is 29.3 Å². The fourth-order valence-electron chi connectivity index (χ4n) is 4.00. The van der Waals surface area contributed by atoms with Crippen LogP contribution in [0, 0.1) is 5.92 Å². The van der Waals surface area contributed by atoms with Crippen LogP contribution in [-0.4, -0.2) is 18.6 Å². The SMILES string of the molecule is CC(N)Cc1ccc(N2CCCC3CCCC32)cc1Cl. The predicted molar refractivity (Wildman–Crippen MR) is 86.5 cm³/mol. The molecule has 1 aliphatic heterocycles. The molecule has 3 atom stereocenters. The molecule has 1 saturated heterocycles. The van der Waals surface area contributed by atoms with E-state index in [1.165, 1.54) is 49.9 Å². The van der Waals surface area contributed by atoms with Crippen LogP contribution in [0.2, 0.25) is 5.02 Å². The summed E-state index contributed by atoms with van der Waals surface area (Å²) in [5.74, 6) is 0.909. The molecule has 0 aromatic heterocycles. The van der Waals surface area contributed by atoms with Gasteiger partial charge in [-0.05, 0) is 62.6 Å².